The van der Waals surface area contributed by atoms with E-state index < -0.39 is 0 Å². The third kappa shape index (κ3) is 10.5. The number of esters is 1. The van der Waals surface area contributed by atoms with Gasteiger partial charge in [0.1, 0.15) is 26.2 Å². The zero-order valence-electron chi connectivity index (χ0n) is 16.1. The number of halogens is 2. The van der Waals surface area contributed by atoms with Crippen LogP contribution in [0, 0.1) is 0 Å². The molecule has 0 unspecified atom stereocenters. The minimum absolute atomic E-state index is 0. The molecule has 0 atom stereocenters. The van der Waals surface area contributed by atoms with Crippen LogP contribution < -0.4 is 24.8 Å². The molecule has 0 fully saturated rings. The van der Waals surface area contributed by atoms with Gasteiger partial charge in [0.05, 0.1) is 34.7 Å². The monoisotopic (exact) mass is 390 g/mol. The summed E-state index contributed by atoms with van der Waals surface area (Å²) in [5.41, 5.74) is 2.67. The molecule has 6 heteroatoms. The average molecular weight is 391 g/mol. The summed E-state index contributed by atoms with van der Waals surface area (Å²) in [7, 11) is 8.79. The Morgan fingerprint density at radius 2 is 1.44 bits per heavy atom. The third-order valence-corrected chi connectivity index (χ3v) is 4.21. The van der Waals surface area contributed by atoms with Gasteiger partial charge in [-0.25, -0.2) is 4.79 Å². The first kappa shape index (κ1) is 26.2. The first-order chi connectivity index (χ1) is 10.7. The fourth-order valence-corrected chi connectivity index (χ4v) is 2.38. The summed E-state index contributed by atoms with van der Waals surface area (Å²) in [5.74, 6) is -0.356. The van der Waals surface area contributed by atoms with Gasteiger partial charge in [-0.05, 0) is 6.92 Å². The first-order valence-electron chi connectivity index (χ1n) is 8.18. The number of quaternary nitrogens is 2. The Kier molecular flexibility index (Phi) is 12.1. The Labute approximate surface area is 165 Å². The summed E-state index contributed by atoms with van der Waals surface area (Å²) in [4.78, 5) is 11.1. The molecule has 0 bridgehead atoms. The lowest BCUT2D eigenvalue weighted by Gasteiger charge is -2.30. The number of carbonyl (C=O) groups is 1. The molecule has 0 N–H and O–H groups in total. The number of carbonyl (C=O) groups excluding carboxylic acids is 1. The lowest BCUT2D eigenvalue weighted by atomic mass is 10.1. The Bertz CT molecular complexity index is 529. The van der Waals surface area contributed by atoms with Gasteiger partial charge < -0.3 is 38.5 Å². The lowest BCUT2D eigenvalue weighted by molar-refractivity contribution is -0.903. The van der Waals surface area contributed by atoms with Gasteiger partial charge in [-0.3, -0.25) is 0 Å². The molecule has 4 nitrogen and oxygen atoms in total. The maximum absolute atomic E-state index is 11.1. The van der Waals surface area contributed by atoms with E-state index in [1.807, 2.05) is 0 Å². The van der Waals surface area contributed by atoms with E-state index in [-0.39, 0.29) is 30.8 Å². The molecule has 1 aromatic carbocycles. The molecule has 0 heterocycles. The highest BCUT2D eigenvalue weighted by atomic mass is 35.5. The van der Waals surface area contributed by atoms with Crippen molar-refractivity contribution in [3.8, 4) is 0 Å². The number of hydrogen-bond acceptors (Lipinski definition) is 2. The molecule has 0 radical (unpaired) electrons. The second kappa shape index (κ2) is 11.5. The normalized spacial score (nSPS) is 11.1. The van der Waals surface area contributed by atoms with Crippen molar-refractivity contribution in [3.63, 3.8) is 0 Å². The molecule has 0 aliphatic carbocycles. The SMILES string of the molecule is C=CC(=O)OCC[N+](C)(C)Cc1ccc(C[N+](C)(C)CC)cc1.[Cl-].[Cl-]. The van der Waals surface area contributed by atoms with Crippen molar-refractivity contribution in [1.82, 2.24) is 0 Å². The van der Waals surface area contributed by atoms with Crippen LogP contribution in [0.4, 0.5) is 0 Å². The molecular weight excluding hydrogens is 359 g/mol. The quantitative estimate of drug-likeness (QED) is 0.249. The summed E-state index contributed by atoms with van der Waals surface area (Å²) >= 11 is 0. The van der Waals surface area contributed by atoms with Crippen molar-refractivity contribution in [2.24, 2.45) is 0 Å². The summed E-state index contributed by atoms with van der Waals surface area (Å²) in [6.07, 6.45) is 1.20. The molecule has 0 aromatic heterocycles. The van der Waals surface area contributed by atoms with E-state index in [2.05, 4.69) is 66.0 Å². The predicted molar refractivity (Wildman–Crippen MR) is 94.6 cm³/mol. The van der Waals surface area contributed by atoms with Crippen molar-refractivity contribution in [3.05, 3.63) is 48.0 Å². The van der Waals surface area contributed by atoms with E-state index in [9.17, 15) is 4.79 Å². The van der Waals surface area contributed by atoms with Crippen LogP contribution >= 0.6 is 0 Å². The zero-order chi connectivity index (χ0) is 17.5. The molecule has 0 spiro atoms. The summed E-state index contributed by atoms with van der Waals surface area (Å²) in [6.45, 7) is 9.89. The van der Waals surface area contributed by atoms with Crippen LogP contribution in [0.5, 0.6) is 0 Å². The molecule has 0 saturated carbocycles. The second-order valence-electron chi connectivity index (χ2n) is 7.42. The minimum Gasteiger partial charge on any atom is -1.00 e. The number of likely N-dealkylation sites (N-methyl/N-ethyl adjacent to an activating group) is 1. The smallest absolute Gasteiger partial charge is 0.330 e. The Morgan fingerprint density at radius 3 is 1.84 bits per heavy atom. The zero-order valence-corrected chi connectivity index (χ0v) is 17.6. The Hall–Kier alpha value is -1.07. The van der Waals surface area contributed by atoms with Crippen LogP contribution in [-0.4, -0.2) is 62.8 Å². The second-order valence-corrected chi connectivity index (χ2v) is 7.42. The standard InChI is InChI=1S/C19H32N2O2.2ClH/c1-7-19(22)23-14-13-21(5,6)16-18-11-9-17(10-12-18)15-20(3,4)8-2;;/h7,9-12H,1,8,13-16H2,2-6H3;2*1H/q+2;;/p-2. The van der Waals surface area contributed by atoms with Crippen molar-refractivity contribution < 1.29 is 43.3 Å². The Balaban J connectivity index is 0. The van der Waals surface area contributed by atoms with Gasteiger partial charge in [0.25, 0.3) is 0 Å². The number of hydrogen-bond donors (Lipinski definition) is 0. The third-order valence-electron chi connectivity index (χ3n) is 4.21. The van der Waals surface area contributed by atoms with Gasteiger partial charge in [0.2, 0.25) is 0 Å². The Morgan fingerprint density at radius 1 is 1.00 bits per heavy atom. The maximum atomic E-state index is 11.1. The molecule has 0 aliphatic rings. The van der Waals surface area contributed by atoms with Crippen molar-refractivity contribution >= 4 is 5.97 Å². The van der Waals surface area contributed by atoms with E-state index in [1.54, 1.807) is 0 Å². The van der Waals surface area contributed by atoms with Crippen LogP contribution in [0.3, 0.4) is 0 Å². The molecule has 1 aromatic rings. The first-order valence-corrected chi connectivity index (χ1v) is 8.18. The number of rotatable bonds is 9. The van der Waals surface area contributed by atoms with Gasteiger partial charge in [0, 0.05) is 17.2 Å². The van der Waals surface area contributed by atoms with Crippen LogP contribution in [-0.2, 0) is 22.6 Å². The summed E-state index contributed by atoms with van der Waals surface area (Å²) < 4.78 is 6.85. The van der Waals surface area contributed by atoms with Crippen LogP contribution in [0.1, 0.15) is 18.1 Å². The number of nitrogens with zero attached hydrogens (tertiary/aromatic N) is 2. The molecule has 0 aliphatic heterocycles. The van der Waals surface area contributed by atoms with Gasteiger partial charge in [-0.15, -0.1) is 0 Å². The average Bonchev–Trinajstić information content (AvgIpc) is 2.48. The molecular formula is C19H32Cl2N2O2. The fourth-order valence-electron chi connectivity index (χ4n) is 2.38. The van der Waals surface area contributed by atoms with Gasteiger partial charge in [-0.2, -0.15) is 0 Å². The highest BCUT2D eigenvalue weighted by Crippen LogP contribution is 2.14. The largest absolute Gasteiger partial charge is 1.00 e. The van der Waals surface area contributed by atoms with E-state index in [0.717, 1.165) is 35.1 Å². The minimum atomic E-state index is -0.356. The molecule has 0 saturated heterocycles. The van der Waals surface area contributed by atoms with Crippen LogP contribution in [0.2, 0.25) is 0 Å². The molecule has 1 rings (SSSR count). The highest BCUT2D eigenvalue weighted by Gasteiger charge is 2.17. The van der Waals surface area contributed by atoms with Crippen molar-refractivity contribution in [2.45, 2.75) is 20.0 Å². The van der Waals surface area contributed by atoms with Gasteiger partial charge >= 0.3 is 5.97 Å². The van der Waals surface area contributed by atoms with E-state index in [4.69, 9.17) is 4.74 Å². The van der Waals surface area contributed by atoms with Crippen LogP contribution in [0.25, 0.3) is 0 Å². The maximum Gasteiger partial charge on any atom is 0.330 e. The van der Waals surface area contributed by atoms with Gasteiger partial charge in [-0.1, -0.05) is 30.8 Å². The predicted octanol–water partition coefficient (Wildman–Crippen LogP) is -3.40. The molecule has 25 heavy (non-hydrogen) atoms. The number of benzene rings is 1. The summed E-state index contributed by atoms with van der Waals surface area (Å²) in [6, 6.07) is 8.87. The topological polar surface area (TPSA) is 26.3 Å². The molecule has 144 valence electrons. The van der Waals surface area contributed by atoms with E-state index in [0.29, 0.717) is 6.61 Å². The fraction of sp³-hybridized carbons (Fsp3) is 0.526. The lowest BCUT2D eigenvalue weighted by Crippen LogP contribution is -3.00. The molecule has 0 amide bonds. The van der Waals surface area contributed by atoms with Crippen molar-refractivity contribution in [1.29, 1.82) is 0 Å². The van der Waals surface area contributed by atoms with Gasteiger partial charge in [0.15, 0.2) is 0 Å². The van der Waals surface area contributed by atoms with Crippen molar-refractivity contribution in [2.75, 3.05) is 47.9 Å². The van der Waals surface area contributed by atoms with Crippen LogP contribution in [0.15, 0.2) is 36.9 Å². The highest BCUT2D eigenvalue weighted by molar-refractivity contribution is 5.81. The van der Waals surface area contributed by atoms with E-state index in [1.165, 1.54) is 17.2 Å². The number of ether oxygens (including phenoxy) is 1. The van der Waals surface area contributed by atoms with E-state index >= 15 is 0 Å². The summed E-state index contributed by atoms with van der Waals surface area (Å²) in [5, 5.41) is 0.